The summed E-state index contributed by atoms with van der Waals surface area (Å²) in [5.74, 6) is 0. The largest absolute Gasteiger partial charge is 0.306 e. The molecule has 0 amide bonds. The summed E-state index contributed by atoms with van der Waals surface area (Å²) in [6.07, 6.45) is -1.52. The van der Waals surface area contributed by atoms with E-state index in [0.29, 0.717) is 0 Å². The first-order valence-electron chi connectivity index (χ1n) is 5.59. The summed E-state index contributed by atoms with van der Waals surface area (Å²) in [6.45, 7) is 5.49. The van der Waals surface area contributed by atoms with Crippen molar-refractivity contribution in [3.05, 3.63) is 35.4 Å². The van der Waals surface area contributed by atoms with Crippen molar-refractivity contribution in [3.8, 4) is 0 Å². The molecule has 90 valence electrons. The Morgan fingerprint density at radius 1 is 1.19 bits per heavy atom. The minimum absolute atomic E-state index is 0.0603. The summed E-state index contributed by atoms with van der Waals surface area (Å²) in [5, 5.41) is 2.90. The molecule has 0 radical (unpaired) electrons. The molecule has 1 nitrogen and oxygen atoms in total. The van der Waals surface area contributed by atoms with Gasteiger partial charge in [-0.25, -0.2) is 8.78 Å². The molecule has 1 rings (SSSR count). The van der Waals surface area contributed by atoms with Gasteiger partial charge in [-0.05, 0) is 38.3 Å². The van der Waals surface area contributed by atoms with Crippen LogP contribution in [0.15, 0.2) is 24.3 Å². The Morgan fingerprint density at radius 2 is 1.81 bits per heavy atom. The van der Waals surface area contributed by atoms with Gasteiger partial charge in [-0.1, -0.05) is 24.3 Å². The smallest absolute Gasteiger partial charge is 0.253 e. The maximum atomic E-state index is 12.3. The highest BCUT2D eigenvalue weighted by Gasteiger charge is 2.16. The predicted molar refractivity (Wildman–Crippen MR) is 62.9 cm³/mol. The number of benzene rings is 1. The second-order valence-corrected chi connectivity index (χ2v) is 4.32. The normalized spacial score (nSPS) is 15.1. The SMILES string of the molecule is Cc1ccccc1CC(C)NC(C)C(F)F. The molecule has 0 heterocycles. The summed E-state index contributed by atoms with van der Waals surface area (Å²) in [7, 11) is 0. The Balaban J connectivity index is 2.52. The minimum atomic E-state index is -2.31. The number of hydrogen-bond donors (Lipinski definition) is 1. The first-order valence-corrected chi connectivity index (χ1v) is 5.59. The van der Waals surface area contributed by atoms with Crippen LogP contribution >= 0.6 is 0 Å². The Hall–Kier alpha value is -0.960. The number of nitrogens with one attached hydrogen (secondary N) is 1. The molecule has 0 aliphatic heterocycles. The lowest BCUT2D eigenvalue weighted by atomic mass is 10.0. The van der Waals surface area contributed by atoms with Crippen LogP contribution < -0.4 is 5.32 Å². The minimum Gasteiger partial charge on any atom is -0.306 e. The van der Waals surface area contributed by atoms with Crippen LogP contribution in [-0.4, -0.2) is 18.5 Å². The van der Waals surface area contributed by atoms with Crippen LogP contribution in [-0.2, 0) is 6.42 Å². The maximum Gasteiger partial charge on any atom is 0.253 e. The Labute approximate surface area is 95.9 Å². The highest BCUT2D eigenvalue weighted by atomic mass is 19.3. The first kappa shape index (κ1) is 13.1. The van der Waals surface area contributed by atoms with Crippen LogP contribution in [0.2, 0.25) is 0 Å². The van der Waals surface area contributed by atoms with Crippen molar-refractivity contribution in [3.63, 3.8) is 0 Å². The zero-order valence-corrected chi connectivity index (χ0v) is 10.0. The van der Waals surface area contributed by atoms with E-state index in [4.69, 9.17) is 0 Å². The molecule has 0 aromatic heterocycles. The molecule has 1 aromatic rings. The second-order valence-electron chi connectivity index (χ2n) is 4.32. The van der Waals surface area contributed by atoms with Crippen molar-refractivity contribution < 1.29 is 8.78 Å². The van der Waals surface area contributed by atoms with Crippen LogP contribution in [0.3, 0.4) is 0 Å². The van der Waals surface area contributed by atoms with Crippen LogP contribution in [0.5, 0.6) is 0 Å². The van der Waals surface area contributed by atoms with Gasteiger partial charge in [0.25, 0.3) is 6.43 Å². The Kier molecular flexibility index (Phi) is 4.87. The summed E-state index contributed by atoms with van der Waals surface area (Å²) in [4.78, 5) is 0. The summed E-state index contributed by atoms with van der Waals surface area (Å²) >= 11 is 0. The quantitative estimate of drug-likeness (QED) is 0.814. The lowest BCUT2D eigenvalue weighted by Gasteiger charge is -2.20. The van der Waals surface area contributed by atoms with Gasteiger partial charge < -0.3 is 5.32 Å². The number of halogens is 2. The molecule has 3 heteroatoms. The van der Waals surface area contributed by atoms with Crippen LogP contribution in [0, 0.1) is 6.92 Å². The lowest BCUT2D eigenvalue weighted by Crippen LogP contribution is -2.40. The van der Waals surface area contributed by atoms with E-state index >= 15 is 0 Å². The van der Waals surface area contributed by atoms with E-state index < -0.39 is 12.5 Å². The molecular weight excluding hydrogens is 208 g/mol. The molecule has 16 heavy (non-hydrogen) atoms. The molecule has 2 atom stereocenters. The van der Waals surface area contributed by atoms with Crippen LogP contribution in [0.25, 0.3) is 0 Å². The second kappa shape index (κ2) is 5.94. The highest BCUT2D eigenvalue weighted by molar-refractivity contribution is 5.26. The number of rotatable bonds is 5. The van der Waals surface area contributed by atoms with E-state index in [1.165, 1.54) is 18.1 Å². The van der Waals surface area contributed by atoms with Gasteiger partial charge in [-0.3, -0.25) is 0 Å². The molecule has 0 aliphatic carbocycles. The lowest BCUT2D eigenvalue weighted by molar-refractivity contribution is 0.101. The fourth-order valence-corrected chi connectivity index (χ4v) is 1.75. The van der Waals surface area contributed by atoms with E-state index in [-0.39, 0.29) is 6.04 Å². The van der Waals surface area contributed by atoms with Gasteiger partial charge in [0.1, 0.15) is 0 Å². The highest BCUT2D eigenvalue weighted by Crippen LogP contribution is 2.10. The van der Waals surface area contributed by atoms with Crippen molar-refractivity contribution in [1.82, 2.24) is 5.32 Å². The van der Waals surface area contributed by atoms with Gasteiger partial charge in [-0.15, -0.1) is 0 Å². The van der Waals surface area contributed by atoms with Crippen molar-refractivity contribution in [2.24, 2.45) is 0 Å². The van der Waals surface area contributed by atoms with E-state index in [9.17, 15) is 8.78 Å². The summed E-state index contributed by atoms with van der Waals surface area (Å²) < 4.78 is 24.7. The zero-order chi connectivity index (χ0) is 12.1. The van der Waals surface area contributed by atoms with E-state index in [0.717, 1.165) is 6.42 Å². The number of alkyl halides is 2. The van der Waals surface area contributed by atoms with E-state index in [2.05, 4.69) is 5.32 Å². The topological polar surface area (TPSA) is 12.0 Å². The Bertz CT molecular complexity index is 325. The standard InChI is InChI=1S/C13H19F2N/c1-9-6-4-5-7-12(9)8-10(2)16-11(3)13(14)15/h4-7,10-11,13,16H,8H2,1-3H3. The molecule has 2 unspecified atom stereocenters. The first-order chi connectivity index (χ1) is 7.50. The van der Waals surface area contributed by atoms with Gasteiger partial charge >= 0.3 is 0 Å². The molecular formula is C13H19F2N. The monoisotopic (exact) mass is 227 g/mol. The van der Waals surface area contributed by atoms with Crippen molar-refractivity contribution in [2.75, 3.05) is 0 Å². The van der Waals surface area contributed by atoms with Gasteiger partial charge in [0.2, 0.25) is 0 Å². The molecule has 0 saturated heterocycles. The molecule has 1 N–H and O–H groups in total. The third kappa shape index (κ3) is 3.89. The van der Waals surface area contributed by atoms with Gasteiger partial charge in [0, 0.05) is 6.04 Å². The molecule has 0 bridgehead atoms. The molecule has 0 saturated carbocycles. The van der Waals surface area contributed by atoms with Gasteiger partial charge in [-0.2, -0.15) is 0 Å². The zero-order valence-electron chi connectivity index (χ0n) is 10.0. The molecule has 0 aliphatic rings. The molecule has 0 spiro atoms. The average Bonchev–Trinajstić information content (AvgIpc) is 2.21. The number of aryl methyl sites for hydroxylation is 1. The third-order valence-corrected chi connectivity index (χ3v) is 2.71. The number of hydrogen-bond acceptors (Lipinski definition) is 1. The average molecular weight is 227 g/mol. The van der Waals surface area contributed by atoms with Gasteiger partial charge in [0.05, 0.1) is 6.04 Å². The van der Waals surface area contributed by atoms with Crippen molar-refractivity contribution >= 4 is 0 Å². The van der Waals surface area contributed by atoms with Crippen LogP contribution in [0.1, 0.15) is 25.0 Å². The van der Waals surface area contributed by atoms with E-state index in [1.807, 2.05) is 38.1 Å². The fourth-order valence-electron chi connectivity index (χ4n) is 1.75. The van der Waals surface area contributed by atoms with Crippen LogP contribution in [0.4, 0.5) is 8.78 Å². The summed E-state index contributed by atoms with van der Waals surface area (Å²) in [6, 6.07) is 7.35. The van der Waals surface area contributed by atoms with Crippen molar-refractivity contribution in [2.45, 2.75) is 45.7 Å². The van der Waals surface area contributed by atoms with Crippen molar-refractivity contribution in [1.29, 1.82) is 0 Å². The molecule has 0 fully saturated rings. The third-order valence-electron chi connectivity index (χ3n) is 2.71. The van der Waals surface area contributed by atoms with E-state index in [1.54, 1.807) is 0 Å². The predicted octanol–water partition coefficient (Wildman–Crippen LogP) is 3.17. The maximum absolute atomic E-state index is 12.3. The fraction of sp³-hybridized carbons (Fsp3) is 0.538. The molecule has 1 aromatic carbocycles. The van der Waals surface area contributed by atoms with Gasteiger partial charge in [0.15, 0.2) is 0 Å². The summed E-state index contributed by atoms with van der Waals surface area (Å²) in [5.41, 5.74) is 2.42. The Morgan fingerprint density at radius 3 is 2.38 bits per heavy atom.